The van der Waals surface area contributed by atoms with Gasteiger partial charge in [0.2, 0.25) is 0 Å². The van der Waals surface area contributed by atoms with Crippen molar-refractivity contribution in [3.05, 3.63) is 35.9 Å². The summed E-state index contributed by atoms with van der Waals surface area (Å²) in [6.45, 7) is 4.50. The molecule has 0 aliphatic carbocycles. The highest BCUT2D eigenvalue weighted by Crippen LogP contribution is 2.38. The molecule has 1 aromatic carbocycles. The highest BCUT2D eigenvalue weighted by atomic mass is 16.6. The first-order chi connectivity index (χ1) is 9.97. The molecule has 2 unspecified atom stereocenters. The number of hydrogen-bond acceptors (Lipinski definition) is 3. The van der Waals surface area contributed by atoms with E-state index in [1.165, 1.54) is 4.90 Å². The Balaban J connectivity index is 1.96. The fourth-order valence-electron chi connectivity index (χ4n) is 2.83. The Hall–Kier alpha value is -2.04. The summed E-state index contributed by atoms with van der Waals surface area (Å²) in [5, 5.41) is 9.40. The van der Waals surface area contributed by atoms with E-state index in [1.54, 1.807) is 6.92 Å². The third kappa shape index (κ3) is 3.17. The number of benzene rings is 1. The lowest BCUT2D eigenvalue weighted by Crippen LogP contribution is -2.37. The number of carboxylic acid groups (broad SMARTS) is 1. The third-order valence-corrected chi connectivity index (χ3v) is 4.31. The minimum absolute atomic E-state index is 0.0423. The summed E-state index contributed by atoms with van der Waals surface area (Å²) in [5.74, 6) is -0.896. The molecule has 0 spiro atoms. The molecule has 114 valence electrons. The molecule has 0 aromatic heterocycles. The van der Waals surface area contributed by atoms with Crippen molar-refractivity contribution in [2.24, 2.45) is 11.3 Å². The summed E-state index contributed by atoms with van der Waals surface area (Å²) in [7, 11) is 0. The topological polar surface area (TPSA) is 66.8 Å². The quantitative estimate of drug-likeness (QED) is 0.926. The van der Waals surface area contributed by atoms with E-state index in [9.17, 15) is 14.7 Å². The van der Waals surface area contributed by atoms with E-state index >= 15 is 0 Å². The van der Waals surface area contributed by atoms with Crippen molar-refractivity contribution in [1.82, 2.24) is 4.90 Å². The smallest absolute Gasteiger partial charge is 0.410 e. The lowest BCUT2D eigenvalue weighted by molar-refractivity contribution is -0.149. The number of rotatable bonds is 4. The second kappa shape index (κ2) is 6.16. The molecule has 1 aliphatic heterocycles. The highest BCUT2D eigenvalue weighted by molar-refractivity contribution is 5.78. The Morgan fingerprint density at radius 1 is 1.38 bits per heavy atom. The SMILES string of the molecule is CCC1CN(C(=O)OCc2ccccc2)CC1(C)C(=O)O. The first-order valence-electron chi connectivity index (χ1n) is 7.16. The molecule has 0 saturated carbocycles. The maximum absolute atomic E-state index is 12.1. The second-order valence-corrected chi connectivity index (χ2v) is 5.75. The van der Waals surface area contributed by atoms with Crippen LogP contribution in [-0.4, -0.2) is 35.2 Å². The van der Waals surface area contributed by atoms with Crippen LogP contribution in [-0.2, 0) is 16.1 Å². The normalized spacial score (nSPS) is 24.9. The number of amides is 1. The fraction of sp³-hybridized carbons (Fsp3) is 0.500. The molecular weight excluding hydrogens is 270 g/mol. The van der Waals surface area contributed by atoms with Crippen molar-refractivity contribution in [2.45, 2.75) is 26.9 Å². The Labute approximate surface area is 124 Å². The van der Waals surface area contributed by atoms with Crippen molar-refractivity contribution < 1.29 is 19.4 Å². The van der Waals surface area contributed by atoms with Crippen LogP contribution in [0.25, 0.3) is 0 Å². The van der Waals surface area contributed by atoms with E-state index in [4.69, 9.17) is 4.74 Å². The average molecular weight is 291 g/mol. The predicted octanol–water partition coefficient (Wildman–Crippen LogP) is 2.76. The Kier molecular flexibility index (Phi) is 4.50. The van der Waals surface area contributed by atoms with Gasteiger partial charge in [0, 0.05) is 13.1 Å². The molecule has 2 rings (SSSR count). The summed E-state index contributed by atoms with van der Waals surface area (Å²) >= 11 is 0. The molecule has 0 radical (unpaired) electrons. The summed E-state index contributed by atoms with van der Waals surface area (Å²) in [6.07, 6.45) is 0.285. The number of carbonyl (C=O) groups excluding carboxylic acids is 1. The number of carbonyl (C=O) groups is 2. The number of hydrogen-bond donors (Lipinski definition) is 1. The fourth-order valence-corrected chi connectivity index (χ4v) is 2.83. The lowest BCUT2D eigenvalue weighted by atomic mass is 9.79. The number of carboxylic acids is 1. The van der Waals surface area contributed by atoms with Crippen molar-refractivity contribution >= 4 is 12.1 Å². The third-order valence-electron chi connectivity index (χ3n) is 4.31. The van der Waals surface area contributed by atoms with Crippen LogP contribution in [0.3, 0.4) is 0 Å². The monoisotopic (exact) mass is 291 g/mol. The number of likely N-dealkylation sites (tertiary alicyclic amines) is 1. The van der Waals surface area contributed by atoms with Crippen molar-refractivity contribution in [2.75, 3.05) is 13.1 Å². The van der Waals surface area contributed by atoms with E-state index in [0.29, 0.717) is 6.54 Å². The number of aliphatic carboxylic acids is 1. The van der Waals surface area contributed by atoms with Crippen LogP contribution in [0.4, 0.5) is 4.79 Å². The second-order valence-electron chi connectivity index (χ2n) is 5.75. The maximum Gasteiger partial charge on any atom is 0.410 e. The standard InChI is InChI=1S/C16H21NO4/c1-3-13-9-17(11-16(13,2)14(18)19)15(20)21-10-12-7-5-4-6-8-12/h4-8,13H,3,9-11H2,1-2H3,(H,18,19). The largest absolute Gasteiger partial charge is 0.481 e. The minimum Gasteiger partial charge on any atom is -0.481 e. The molecule has 1 aliphatic rings. The van der Waals surface area contributed by atoms with Crippen LogP contribution in [0.5, 0.6) is 0 Å². The molecule has 5 heteroatoms. The Morgan fingerprint density at radius 2 is 2.05 bits per heavy atom. The van der Waals surface area contributed by atoms with Gasteiger partial charge in [0.1, 0.15) is 6.61 Å². The van der Waals surface area contributed by atoms with Gasteiger partial charge in [-0.25, -0.2) is 4.79 Å². The molecule has 21 heavy (non-hydrogen) atoms. The molecule has 1 fully saturated rings. The summed E-state index contributed by atoms with van der Waals surface area (Å²) < 4.78 is 5.27. The van der Waals surface area contributed by atoms with E-state index in [-0.39, 0.29) is 19.1 Å². The highest BCUT2D eigenvalue weighted by Gasteiger charge is 2.49. The summed E-state index contributed by atoms with van der Waals surface area (Å²) in [5.41, 5.74) is 0.0265. The molecule has 1 amide bonds. The first-order valence-corrected chi connectivity index (χ1v) is 7.16. The van der Waals surface area contributed by atoms with Gasteiger partial charge in [-0.2, -0.15) is 0 Å². The van der Waals surface area contributed by atoms with Crippen LogP contribution >= 0.6 is 0 Å². The van der Waals surface area contributed by atoms with Crippen LogP contribution in [0, 0.1) is 11.3 Å². The van der Waals surface area contributed by atoms with Crippen LogP contribution in [0.15, 0.2) is 30.3 Å². The predicted molar refractivity (Wildman–Crippen MR) is 77.7 cm³/mol. The van der Waals surface area contributed by atoms with Gasteiger partial charge < -0.3 is 14.7 Å². The van der Waals surface area contributed by atoms with Crippen molar-refractivity contribution in [3.8, 4) is 0 Å². The van der Waals surface area contributed by atoms with Gasteiger partial charge in [0.25, 0.3) is 0 Å². The van der Waals surface area contributed by atoms with Crippen LogP contribution < -0.4 is 0 Å². The van der Waals surface area contributed by atoms with E-state index in [2.05, 4.69) is 0 Å². The minimum atomic E-state index is -0.888. The first kappa shape index (κ1) is 15.4. The average Bonchev–Trinajstić information content (AvgIpc) is 2.84. The molecule has 0 bridgehead atoms. The summed E-state index contributed by atoms with van der Waals surface area (Å²) in [6, 6.07) is 9.43. The van der Waals surface area contributed by atoms with E-state index in [1.807, 2.05) is 37.3 Å². The Morgan fingerprint density at radius 3 is 2.57 bits per heavy atom. The molecule has 2 atom stereocenters. The van der Waals surface area contributed by atoms with Crippen molar-refractivity contribution in [3.63, 3.8) is 0 Å². The Bertz CT molecular complexity index is 516. The van der Waals surface area contributed by atoms with Crippen LogP contribution in [0.2, 0.25) is 0 Å². The zero-order valence-electron chi connectivity index (χ0n) is 12.4. The molecule has 1 N–H and O–H groups in total. The van der Waals surface area contributed by atoms with Gasteiger partial charge in [0.15, 0.2) is 0 Å². The van der Waals surface area contributed by atoms with Gasteiger partial charge >= 0.3 is 12.1 Å². The van der Waals surface area contributed by atoms with Gasteiger partial charge in [-0.15, -0.1) is 0 Å². The van der Waals surface area contributed by atoms with E-state index in [0.717, 1.165) is 12.0 Å². The van der Waals surface area contributed by atoms with Gasteiger partial charge in [-0.05, 0) is 18.4 Å². The van der Waals surface area contributed by atoms with Gasteiger partial charge in [-0.1, -0.05) is 43.7 Å². The maximum atomic E-state index is 12.1. The number of ether oxygens (including phenoxy) is 1. The summed E-state index contributed by atoms with van der Waals surface area (Å²) in [4.78, 5) is 25.1. The molecule has 5 nitrogen and oxygen atoms in total. The lowest BCUT2D eigenvalue weighted by Gasteiger charge is -2.24. The van der Waals surface area contributed by atoms with Gasteiger partial charge in [-0.3, -0.25) is 4.79 Å². The number of nitrogens with zero attached hydrogens (tertiary/aromatic N) is 1. The molecular formula is C16H21NO4. The molecule has 1 aromatic rings. The van der Waals surface area contributed by atoms with Gasteiger partial charge in [0.05, 0.1) is 5.41 Å². The molecule has 1 saturated heterocycles. The van der Waals surface area contributed by atoms with Crippen LogP contribution in [0.1, 0.15) is 25.8 Å². The zero-order chi connectivity index (χ0) is 15.5. The zero-order valence-corrected chi connectivity index (χ0v) is 12.4. The van der Waals surface area contributed by atoms with Crippen molar-refractivity contribution in [1.29, 1.82) is 0 Å². The molecule has 1 heterocycles. The van der Waals surface area contributed by atoms with E-state index < -0.39 is 17.5 Å².